The van der Waals surface area contributed by atoms with Crippen LogP contribution in [0.1, 0.15) is 5.56 Å². The van der Waals surface area contributed by atoms with Gasteiger partial charge in [-0.1, -0.05) is 36.4 Å². The lowest BCUT2D eigenvalue weighted by atomic mass is 10.1. The molecule has 14 heavy (non-hydrogen) atoms. The summed E-state index contributed by atoms with van der Waals surface area (Å²) in [6, 6.07) is 10.2. The molecule has 2 rings (SSSR count). The van der Waals surface area contributed by atoms with Gasteiger partial charge in [0, 0.05) is 11.8 Å². The minimum atomic E-state index is 0.729. The minimum absolute atomic E-state index is 0.729. The summed E-state index contributed by atoms with van der Waals surface area (Å²) in [5.74, 6) is 0. The summed E-state index contributed by atoms with van der Waals surface area (Å²) in [5, 5.41) is 0. The Balaban J connectivity index is 2.43. The van der Waals surface area contributed by atoms with Crippen LogP contribution in [0, 0.1) is 0 Å². The zero-order chi connectivity index (χ0) is 9.80. The van der Waals surface area contributed by atoms with Crippen molar-refractivity contribution >= 4 is 5.57 Å². The first kappa shape index (κ1) is 8.61. The number of allylic oxidation sites excluding steroid dienone is 4. The van der Waals surface area contributed by atoms with Crippen molar-refractivity contribution in [2.75, 3.05) is 0 Å². The lowest BCUT2D eigenvalue weighted by molar-refractivity contribution is 1.43. The summed E-state index contributed by atoms with van der Waals surface area (Å²) in [6.07, 6.45) is 7.60. The molecule has 68 valence electrons. The summed E-state index contributed by atoms with van der Waals surface area (Å²) in [6.45, 7) is 0. The maximum absolute atomic E-state index is 5.65. The van der Waals surface area contributed by atoms with E-state index in [1.54, 1.807) is 6.08 Å². The van der Waals surface area contributed by atoms with E-state index in [0.717, 1.165) is 11.3 Å². The molecule has 1 aromatic carbocycles. The average molecular weight is 181 g/mol. The summed E-state index contributed by atoms with van der Waals surface area (Å²) < 4.78 is 0. The smallest absolute Gasteiger partial charge is 0.0392 e. The van der Waals surface area contributed by atoms with E-state index in [9.17, 15) is 0 Å². The summed E-state index contributed by atoms with van der Waals surface area (Å²) in [4.78, 5) is 0. The van der Waals surface area contributed by atoms with Gasteiger partial charge in [0.2, 0.25) is 0 Å². The van der Waals surface area contributed by atoms with E-state index in [1.807, 2.05) is 36.4 Å². The van der Waals surface area contributed by atoms with Crippen molar-refractivity contribution in [3.05, 3.63) is 71.6 Å². The van der Waals surface area contributed by atoms with Crippen LogP contribution >= 0.6 is 0 Å². The number of benzene rings is 1. The van der Waals surface area contributed by atoms with E-state index < -0.39 is 0 Å². The Hall–Kier alpha value is -1.98. The van der Waals surface area contributed by atoms with Crippen LogP contribution in [-0.4, -0.2) is 0 Å². The molecule has 0 unspecified atom stereocenters. The molecular weight excluding hydrogens is 170 g/mol. The molecule has 0 aromatic heterocycles. The third-order valence-electron chi connectivity index (χ3n) is 2.05. The highest BCUT2D eigenvalue weighted by Gasteiger charge is 1.96. The topological polar surface area (TPSA) is 26.0 Å². The van der Waals surface area contributed by atoms with Crippen LogP contribution in [0.25, 0.3) is 5.57 Å². The monoisotopic (exact) mass is 181 g/mol. The van der Waals surface area contributed by atoms with E-state index in [2.05, 4.69) is 17.9 Å². The molecule has 0 atom stereocenters. The Morgan fingerprint density at radius 3 is 2.50 bits per heavy atom. The third kappa shape index (κ3) is 1.85. The van der Waals surface area contributed by atoms with Crippen LogP contribution in [0.15, 0.2) is 66.1 Å². The molecule has 1 nitrogen and oxygen atoms in total. The zero-order valence-electron chi connectivity index (χ0n) is 7.77. The van der Waals surface area contributed by atoms with Gasteiger partial charge in [0.15, 0.2) is 0 Å². The van der Waals surface area contributed by atoms with Crippen molar-refractivity contribution in [2.45, 2.75) is 0 Å². The van der Waals surface area contributed by atoms with E-state index in [1.165, 1.54) is 5.56 Å². The maximum atomic E-state index is 5.65. The number of hydrogen-bond donors (Lipinski definition) is 1. The summed E-state index contributed by atoms with van der Waals surface area (Å²) in [5.41, 5.74) is 11.7. The highest BCUT2D eigenvalue weighted by atomic mass is 14.5. The lowest BCUT2D eigenvalue weighted by Crippen LogP contribution is -1.89. The van der Waals surface area contributed by atoms with E-state index in [0.29, 0.717) is 0 Å². The molecular formula is C13H11N. The summed E-state index contributed by atoms with van der Waals surface area (Å²) >= 11 is 0. The fourth-order valence-corrected chi connectivity index (χ4v) is 1.32. The first-order chi connectivity index (χ1) is 6.86. The SMILES string of the molecule is NC1=CC=C(c2ccccc2)C=C=C1. The van der Waals surface area contributed by atoms with Crippen molar-refractivity contribution in [3.8, 4) is 0 Å². The lowest BCUT2D eigenvalue weighted by Gasteiger charge is -1.98. The van der Waals surface area contributed by atoms with E-state index in [-0.39, 0.29) is 0 Å². The van der Waals surface area contributed by atoms with Crippen LogP contribution in [0.3, 0.4) is 0 Å². The molecule has 1 aromatic rings. The molecule has 1 heteroatoms. The highest BCUT2D eigenvalue weighted by molar-refractivity contribution is 5.75. The van der Waals surface area contributed by atoms with Crippen LogP contribution in [-0.2, 0) is 0 Å². The Morgan fingerprint density at radius 2 is 1.71 bits per heavy atom. The molecule has 0 saturated carbocycles. The Bertz CT molecular complexity index is 443. The van der Waals surface area contributed by atoms with Crippen LogP contribution in [0.2, 0.25) is 0 Å². The second-order valence-electron chi connectivity index (χ2n) is 3.11. The molecule has 0 saturated heterocycles. The molecule has 0 heterocycles. The molecule has 0 spiro atoms. The second kappa shape index (κ2) is 3.82. The van der Waals surface area contributed by atoms with Gasteiger partial charge in [0.25, 0.3) is 0 Å². The standard InChI is InChI=1S/C13H11N/c14-13-8-4-7-12(9-10-13)11-5-2-1-3-6-11/h1-3,5-10H,14H2. The number of rotatable bonds is 1. The quantitative estimate of drug-likeness (QED) is 0.662. The van der Waals surface area contributed by atoms with Crippen molar-refractivity contribution < 1.29 is 0 Å². The summed E-state index contributed by atoms with van der Waals surface area (Å²) in [7, 11) is 0. The Kier molecular flexibility index (Phi) is 2.35. The van der Waals surface area contributed by atoms with Gasteiger partial charge in [-0.25, -0.2) is 0 Å². The molecule has 1 aliphatic carbocycles. The minimum Gasteiger partial charge on any atom is -0.398 e. The van der Waals surface area contributed by atoms with Gasteiger partial charge in [-0.2, -0.15) is 0 Å². The van der Waals surface area contributed by atoms with Gasteiger partial charge in [0.05, 0.1) is 0 Å². The first-order valence-electron chi connectivity index (χ1n) is 4.51. The van der Waals surface area contributed by atoms with Gasteiger partial charge in [-0.15, -0.1) is 5.73 Å². The van der Waals surface area contributed by atoms with Gasteiger partial charge in [-0.3, -0.25) is 0 Å². The number of nitrogens with two attached hydrogens (primary N) is 1. The molecule has 0 aliphatic heterocycles. The molecule has 0 bridgehead atoms. The average Bonchev–Trinajstić information content (AvgIpc) is 2.44. The molecule has 1 aliphatic rings. The van der Waals surface area contributed by atoms with E-state index >= 15 is 0 Å². The van der Waals surface area contributed by atoms with E-state index in [4.69, 9.17) is 5.73 Å². The van der Waals surface area contributed by atoms with Crippen LogP contribution in [0.5, 0.6) is 0 Å². The predicted octanol–water partition coefficient (Wildman–Crippen LogP) is 2.64. The fraction of sp³-hybridized carbons (Fsp3) is 0. The molecule has 2 N–H and O–H groups in total. The predicted molar refractivity (Wildman–Crippen MR) is 59.3 cm³/mol. The molecule has 0 radical (unpaired) electrons. The van der Waals surface area contributed by atoms with Crippen molar-refractivity contribution in [3.63, 3.8) is 0 Å². The Labute approximate surface area is 83.6 Å². The van der Waals surface area contributed by atoms with Gasteiger partial charge in [0.1, 0.15) is 0 Å². The van der Waals surface area contributed by atoms with Crippen LogP contribution in [0.4, 0.5) is 0 Å². The van der Waals surface area contributed by atoms with Gasteiger partial charge >= 0.3 is 0 Å². The Morgan fingerprint density at radius 1 is 0.929 bits per heavy atom. The largest absolute Gasteiger partial charge is 0.398 e. The molecule has 0 amide bonds. The number of hydrogen-bond acceptors (Lipinski definition) is 1. The first-order valence-corrected chi connectivity index (χ1v) is 4.51. The normalized spacial score (nSPS) is 14.6. The third-order valence-corrected chi connectivity index (χ3v) is 2.05. The van der Waals surface area contributed by atoms with Gasteiger partial charge in [-0.05, 0) is 23.3 Å². The second-order valence-corrected chi connectivity index (χ2v) is 3.11. The highest BCUT2D eigenvalue weighted by Crippen LogP contribution is 2.16. The fourth-order valence-electron chi connectivity index (χ4n) is 1.32. The molecule has 0 fully saturated rings. The van der Waals surface area contributed by atoms with Crippen molar-refractivity contribution in [1.82, 2.24) is 0 Å². The van der Waals surface area contributed by atoms with Crippen molar-refractivity contribution in [2.24, 2.45) is 5.73 Å². The maximum Gasteiger partial charge on any atom is 0.0392 e. The zero-order valence-corrected chi connectivity index (χ0v) is 7.77. The van der Waals surface area contributed by atoms with Crippen molar-refractivity contribution in [1.29, 1.82) is 0 Å². The van der Waals surface area contributed by atoms with Gasteiger partial charge < -0.3 is 5.73 Å². The van der Waals surface area contributed by atoms with Crippen LogP contribution < -0.4 is 5.73 Å².